The third-order valence-electron chi connectivity index (χ3n) is 4.31. The number of hydrogen-bond acceptors (Lipinski definition) is 1. The van der Waals surface area contributed by atoms with Gasteiger partial charge in [-0.05, 0) is 54.5 Å². The summed E-state index contributed by atoms with van der Waals surface area (Å²) < 4.78 is 13.6. The van der Waals surface area contributed by atoms with Crippen LogP contribution in [0.1, 0.15) is 41.6 Å². The van der Waals surface area contributed by atoms with Crippen molar-refractivity contribution in [3.05, 3.63) is 70.5 Å². The van der Waals surface area contributed by atoms with E-state index in [0.717, 1.165) is 18.4 Å². The summed E-state index contributed by atoms with van der Waals surface area (Å²) in [6.07, 6.45) is 3.57. The van der Waals surface area contributed by atoms with Gasteiger partial charge in [-0.15, -0.1) is 0 Å². The highest BCUT2D eigenvalue weighted by atomic mass is 19.1. The Kier molecular flexibility index (Phi) is 4.23. The number of amides is 1. The molecular weight excluding hydrogens is 277 g/mol. The van der Waals surface area contributed by atoms with Crippen molar-refractivity contribution >= 4 is 5.91 Å². The van der Waals surface area contributed by atoms with Crippen molar-refractivity contribution in [1.29, 1.82) is 0 Å². The normalized spacial score (nSPS) is 14.5. The van der Waals surface area contributed by atoms with Crippen LogP contribution in [0.15, 0.2) is 42.5 Å². The second kappa shape index (κ2) is 6.30. The molecule has 0 radical (unpaired) electrons. The molecule has 2 nitrogen and oxygen atoms in total. The number of benzene rings is 2. The highest BCUT2D eigenvalue weighted by molar-refractivity contribution is 5.79. The van der Waals surface area contributed by atoms with Crippen molar-refractivity contribution in [2.75, 3.05) is 0 Å². The van der Waals surface area contributed by atoms with Gasteiger partial charge < -0.3 is 5.32 Å². The molecular formula is C19H20FNO. The minimum atomic E-state index is -0.331. The molecule has 2 aromatic carbocycles. The van der Waals surface area contributed by atoms with E-state index in [1.165, 1.54) is 23.6 Å². The molecule has 1 aliphatic rings. The third-order valence-corrected chi connectivity index (χ3v) is 4.31. The molecule has 0 saturated carbocycles. The van der Waals surface area contributed by atoms with Crippen molar-refractivity contribution in [2.24, 2.45) is 0 Å². The Hall–Kier alpha value is -2.16. The van der Waals surface area contributed by atoms with E-state index >= 15 is 0 Å². The Bertz CT molecular complexity index is 696. The molecule has 1 atom stereocenters. The highest BCUT2D eigenvalue weighted by Gasteiger charge is 2.15. The number of fused-ring (bicyclic) bond motifs is 1. The Balaban J connectivity index is 1.65. The maximum Gasteiger partial charge on any atom is 0.225 e. The molecule has 114 valence electrons. The summed E-state index contributed by atoms with van der Waals surface area (Å²) in [7, 11) is 0. The number of nitrogens with one attached hydrogen (secondary N) is 1. The topological polar surface area (TPSA) is 29.1 Å². The lowest BCUT2D eigenvalue weighted by Gasteiger charge is -2.16. The average Bonchev–Trinajstić information content (AvgIpc) is 2.97. The Morgan fingerprint density at radius 3 is 2.77 bits per heavy atom. The number of halogens is 1. The van der Waals surface area contributed by atoms with Crippen LogP contribution in [0.5, 0.6) is 0 Å². The first kappa shape index (κ1) is 14.8. The first-order valence-electron chi connectivity index (χ1n) is 7.78. The molecule has 1 aliphatic carbocycles. The lowest BCUT2D eigenvalue weighted by molar-refractivity contribution is -0.121. The largest absolute Gasteiger partial charge is 0.349 e. The summed E-state index contributed by atoms with van der Waals surface area (Å²) in [5.41, 5.74) is 4.37. The molecule has 0 spiro atoms. The van der Waals surface area contributed by atoms with Crippen LogP contribution in [-0.4, -0.2) is 5.91 Å². The SMILES string of the molecule is C[C@@H](NC(=O)Cc1ccccc1F)c1ccc2c(c1)CCC2. The highest BCUT2D eigenvalue weighted by Crippen LogP contribution is 2.25. The minimum absolute atomic E-state index is 0.0647. The van der Waals surface area contributed by atoms with Crippen LogP contribution in [0.4, 0.5) is 4.39 Å². The number of aryl methyl sites for hydroxylation is 2. The van der Waals surface area contributed by atoms with Crippen LogP contribution in [0, 0.1) is 5.82 Å². The zero-order valence-corrected chi connectivity index (χ0v) is 12.7. The van der Waals surface area contributed by atoms with Gasteiger partial charge in [0.25, 0.3) is 0 Å². The molecule has 2 aromatic rings. The van der Waals surface area contributed by atoms with E-state index in [-0.39, 0.29) is 24.2 Å². The number of hydrogen-bond donors (Lipinski definition) is 1. The zero-order valence-electron chi connectivity index (χ0n) is 12.7. The monoisotopic (exact) mass is 297 g/mol. The van der Waals surface area contributed by atoms with Crippen LogP contribution in [0.25, 0.3) is 0 Å². The van der Waals surface area contributed by atoms with E-state index in [1.807, 2.05) is 6.92 Å². The smallest absolute Gasteiger partial charge is 0.225 e. The van der Waals surface area contributed by atoms with E-state index in [4.69, 9.17) is 0 Å². The van der Waals surface area contributed by atoms with Crippen LogP contribution < -0.4 is 5.32 Å². The lowest BCUT2D eigenvalue weighted by Crippen LogP contribution is -2.28. The number of carbonyl (C=O) groups is 1. The van der Waals surface area contributed by atoms with Gasteiger partial charge in [0, 0.05) is 0 Å². The van der Waals surface area contributed by atoms with Crippen LogP contribution >= 0.6 is 0 Å². The second-order valence-electron chi connectivity index (χ2n) is 5.94. The first-order valence-corrected chi connectivity index (χ1v) is 7.78. The molecule has 0 heterocycles. The van der Waals surface area contributed by atoms with Gasteiger partial charge in [0.15, 0.2) is 0 Å². The number of rotatable bonds is 4. The lowest BCUT2D eigenvalue weighted by atomic mass is 10.0. The van der Waals surface area contributed by atoms with E-state index in [9.17, 15) is 9.18 Å². The van der Waals surface area contributed by atoms with Crippen LogP contribution in [0.3, 0.4) is 0 Å². The maximum absolute atomic E-state index is 13.6. The third kappa shape index (κ3) is 3.19. The fourth-order valence-electron chi connectivity index (χ4n) is 3.05. The van der Waals surface area contributed by atoms with Gasteiger partial charge in [-0.2, -0.15) is 0 Å². The van der Waals surface area contributed by atoms with Gasteiger partial charge in [0.05, 0.1) is 12.5 Å². The first-order chi connectivity index (χ1) is 10.6. The van der Waals surface area contributed by atoms with Gasteiger partial charge in [0.1, 0.15) is 5.82 Å². The summed E-state index contributed by atoms with van der Waals surface area (Å²) in [5.74, 6) is -0.485. The fourth-order valence-corrected chi connectivity index (χ4v) is 3.05. The zero-order chi connectivity index (χ0) is 15.5. The summed E-state index contributed by atoms with van der Waals surface area (Å²) in [5, 5.41) is 2.96. The molecule has 0 fully saturated rings. The van der Waals surface area contributed by atoms with Crippen LogP contribution in [-0.2, 0) is 24.1 Å². The molecule has 0 aliphatic heterocycles. The van der Waals surface area contributed by atoms with Crippen molar-refractivity contribution < 1.29 is 9.18 Å². The molecule has 1 amide bonds. The average molecular weight is 297 g/mol. The summed E-state index contributed by atoms with van der Waals surface area (Å²) in [6, 6.07) is 12.8. The minimum Gasteiger partial charge on any atom is -0.349 e. The molecule has 22 heavy (non-hydrogen) atoms. The molecule has 3 heteroatoms. The Morgan fingerprint density at radius 2 is 1.95 bits per heavy atom. The Morgan fingerprint density at radius 1 is 1.18 bits per heavy atom. The fraction of sp³-hybridized carbons (Fsp3) is 0.316. The summed E-state index contributed by atoms with van der Waals surface area (Å²) in [6.45, 7) is 1.97. The van der Waals surface area contributed by atoms with Gasteiger partial charge >= 0.3 is 0 Å². The van der Waals surface area contributed by atoms with Gasteiger partial charge in [-0.3, -0.25) is 4.79 Å². The molecule has 3 rings (SSSR count). The van der Waals surface area contributed by atoms with Gasteiger partial charge in [-0.25, -0.2) is 4.39 Å². The van der Waals surface area contributed by atoms with Gasteiger partial charge in [-0.1, -0.05) is 36.4 Å². The summed E-state index contributed by atoms with van der Waals surface area (Å²) >= 11 is 0. The maximum atomic E-state index is 13.6. The van der Waals surface area contributed by atoms with Crippen molar-refractivity contribution in [3.63, 3.8) is 0 Å². The van der Waals surface area contributed by atoms with E-state index < -0.39 is 0 Å². The van der Waals surface area contributed by atoms with E-state index in [1.54, 1.807) is 18.2 Å². The van der Waals surface area contributed by atoms with Crippen LogP contribution in [0.2, 0.25) is 0 Å². The molecule has 0 saturated heterocycles. The predicted molar refractivity (Wildman–Crippen MR) is 85.1 cm³/mol. The molecule has 0 aromatic heterocycles. The van der Waals surface area contributed by atoms with E-state index in [0.29, 0.717) is 5.56 Å². The Labute approximate surface area is 130 Å². The molecule has 0 bridgehead atoms. The quantitative estimate of drug-likeness (QED) is 0.915. The van der Waals surface area contributed by atoms with Crippen molar-refractivity contribution in [1.82, 2.24) is 5.32 Å². The van der Waals surface area contributed by atoms with Gasteiger partial charge in [0.2, 0.25) is 5.91 Å². The predicted octanol–water partition coefficient (Wildman–Crippen LogP) is 3.73. The summed E-state index contributed by atoms with van der Waals surface area (Å²) in [4.78, 5) is 12.1. The van der Waals surface area contributed by atoms with Crippen molar-refractivity contribution in [2.45, 2.75) is 38.6 Å². The molecule has 1 N–H and O–H groups in total. The van der Waals surface area contributed by atoms with E-state index in [2.05, 4.69) is 23.5 Å². The second-order valence-corrected chi connectivity index (χ2v) is 5.94. The molecule has 0 unspecified atom stereocenters. The standard InChI is InChI=1S/C19H20FNO/c1-13(15-10-9-14-6-4-7-16(14)11-15)21-19(22)12-17-5-2-3-8-18(17)20/h2-3,5,8-11,13H,4,6-7,12H2,1H3,(H,21,22)/t13-/m1/s1. The van der Waals surface area contributed by atoms with Crippen molar-refractivity contribution in [3.8, 4) is 0 Å². The number of carbonyl (C=O) groups excluding carboxylic acids is 1.